The fraction of sp³-hybridized carbons (Fsp3) is 0.579. The third-order valence-electron chi connectivity index (χ3n) is 5.15. The third-order valence-corrected chi connectivity index (χ3v) is 5.15. The van der Waals surface area contributed by atoms with Crippen LogP contribution in [-0.2, 0) is 9.47 Å². The molecule has 0 amide bonds. The van der Waals surface area contributed by atoms with Crippen molar-refractivity contribution < 1.29 is 9.47 Å². The average molecular weight is 370 g/mol. The Morgan fingerprint density at radius 1 is 1.15 bits per heavy atom. The van der Waals surface area contributed by atoms with Gasteiger partial charge < -0.3 is 14.4 Å². The van der Waals surface area contributed by atoms with Crippen LogP contribution in [0.1, 0.15) is 24.6 Å². The smallest absolute Gasteiger partial charge is 0.225 e. The highest BCUT2D eigenvalue weighted by atomic mass is 16.5. The SMILES string of the molecule is COCCN1CCN(c2ncc(-c3cnccn3)c([C@H]3CCCO3)n2)CC1. The standard InChI is InChI=1S/C19H26N6O2/c1-26-12-10-24-6-8-25(9-7-24)19-22-13-15(16-14-20-4-5-21-16)18(23-19)17-3-2-11-27-17/h4-5,13-14,17H,2-3,6-12H2,1H3/t17-/m1/s1. The summed E-state index contributed by atoms with van der Waals surface area (Å²) in [4.78, 5) is 22.9. The molecule has 144 valence electrons. The number of rotatable bonds is 6. The lowest BCUT2D eigenvalue weighted by atomic mass is 10.1. The third kappa shape index (κ3) is 4.23. The summed E-state index contributed by atoms with van der Waals surface area (Å²) in [7, 11) is 1.75. The molecule has 2 aromatic heterocycles. The Labute approximate surface area is 159 Å². The summed E-state index contributed by atoms with van der Waals surface area (Å²) in [6.45, 7) is 6.34. The fourth-order valence-electron chi connectivity index (χ4n) is 3.60. The van der Waals surface area contributed by atoms with Crippen LogP contribution >= 0.6 is 0 Å². The first-order valence-electron chi connectivity index (χ1n) is 9.56. The minimum atomic E-state index is 0.00625. The predicted octanol–water partition coefficient (Wildman–Crippen LogP) is 1.55. The number of hydrogen-bond donors (Lipinski definition) is 0. The van der Waals surface area contributed by atoms with Crippen LogP contribution in [0.4, 0.5) is 5.95 Å². The van der Waals surface area contributed by atoms with Gasteiger partial charge in [0.2, 0.25) is 5.95 Å². The van der Waals surface area contributed by atoms with Crippen LogP contribution in [0.15, 0.2) is 24.8 Å². The van der Waals surface area contributed by atoms with Crippen LogP contribution in [0.3, 0.4) is 0 Å². The molecule has 0 saturated carbocycles. The Morgan fingerprint density at radius 2 is 2.04 bits per heavy atom. The lowest BCUT2D eigenvalue weighted by Crippen LogP contribution is -2.47. The van der Waals surface area contributed by atoms with Crippen LogP contribution in [0.5, 0.6) is 0 Å². The molecule has 2 aliphatic heterocycles. The first kappa shape index (κ1) is 18.2. The highest BCUT2D eigenvalue weighted by Crippen LogP contribution is 2.34. The van der Waals surface area contributed by atoms with Crippen molar-refractivity contribution in [1.82, 2.24) is 24.8 Å². The highest BCUT2D eigenvalue weighted by Gasteiger charge is 2.26. The summed E-state index contributed by atoms with van der Waals surface area (Å²) in [5, 5.41) is 0. The van der Waals surface area contributed by atoms with Crippen LogP contribution in [0.2, 0.25) is 0 Å². The van der Waals surface area contributed by atoms with Crippen molar-refractivity contribution >= 4 is 5.95 Å². The molecule has 0 unspecified atom stereocenters. The number of piperazine rings is 1. The molecule has 0 spiro atoms. The summed E-state index contributed by atoms with van der Waals surface area (Å²) in [6.07, 6.45) is 9.05. The maximum atomic E-state index is 5.93. The van der Waals surface area contributed by atoms with E-state index < -0.39 is 0 Å². The van der Waals surface area contributed by atoms with Crippen molar-refractivity contribution in [3.05, 3.63) is 30.5 Å². The van der Waals surface area contributed by atoms with Crippen LogP contribution in [0, 0.1) is 0 Å². The van der Waals surface area contributed by atoms with Gasteiger partial charge in [0, 0.05) is 70.6 Å². The number of hydrogen-bond acceptors (Lipinski definition) is 8. The molecule has 8 nitrogen and oxygen atoms in total. The van der Waals surface area contributed by atoms with E-state index in [-0.39, 0.29) is 6.10 Å². The number of nitrogens with zero attached hydrogens (tertiary/aromatic N) is 6. The zero-order chi connectivity index (χ0) is 18.5. The van der Waals surface area contributed by atoms with E-state index in [9.17, 15) is 0 Å². The van der Waals surface area contributed by atoms with Gasteiger partial charge in [-0.1, -0.05) is 0 Å². The van der Waals surface area contributed by atoms with Gasteiger partial charge in [0.25, 0.3) is 0 Å². The molecule has 2 fully saturated rings. The first-order valence-corrected chi connectivity index (χ1v) is 9.56. The summed E-state index contributed by atoms with van der Waals surface area (Å²) >= 11 is 0. The molecule has 2 saturated heterocycles. The van der Waals surface area contributed by atoms with E-state index in [0.29, 0.717) is 0 Å². The molecular formula is C19H26N6O2. The van der Waals surface area contributed by atoms with Crippen molar-refractivity contribution in [2.45, 2.75) is 18.9 Å². The minimum Gasteiger partial charge on any atom is -0.383 e. The second-order valence-corrected chi connectivity index (χ2v) is 6.88. The number of anilines is 1. The molecule has 4 heterocycles. The Hall–Kier alpha value is -2.16. The van der Waals surface area contributed by atoms with Gasteiger partial charge in [-0.3, -0.25) is 14.9 Å². The molecule has 0 bridgehead atoms. The van der Waals surface area contributed by atoms with Gasteiger partial charge in [-0.2, -0.15) is 0 Å². The average Bonchev–Trinajstić information content (AvgIpc) is 3.28. The molecule has 0 radical (unpaired) electrons. The van der Waals surface area contributed by atoms with E-state index in [2.05, 4.69) is 24.8 Å². The van der Waals surface area contributed by atoms with Gasteiger partial charge >= 0.3 is 0 Å². The van der Waals surface area contributed by atoms with Crippen molar-refractivity contribution in [3.8, 4) is 11.3 Å². The van der Waals surface area contributed by atoms with Gasteiger partial charge in [-0.05, 0) is 12.8 Å². The van der Waals surface area contributed by atoms with Gasteiger partial charge in [0.1, 0.15) is 6.10 Å². The van der Waals surface area contributed by atoms with Crippen molar-refractivity contribution in [1.29, 1.82) is 0 Å². The first-order chi connectivity index (χ1) is 13.3. The molecule has 2 aliphatic rings. The van der Waals surface area contributed by atoms with Crippen LogP contribution in [0.25, 0.3) is 11.3 Å². The quantitative estimate of drug-likeness (QED) is 0.758. The van der Waals surface area contributed by atoms with E-state index >= 15 is 0 Å². The van der Waals surface area contributed by atoms with Gasteiger partial charge in [-0.25, -0.2) is 9.97 Å². The number of aromatic nitrogens is 4. The molecule has 27 heavy (non-hydrogen) atoms. The van der Waals surface area contributed by atoms with Crippen LogP contribution in [-0.4, -0.2) is 77.9 Å². The van der Waals surface area contributed by atoms with Crippen molar-refractivity contribution in [2.24, 2.45) is 0 Å². The zero-order valence-electron chi connectivity index (χ0n) is 15.8. The number of ether oxygens (including phenoxy) is 2. The monoisotopic (exact) mass is 370 g/mol. The van der Waals surface area contributed by atoms with E-state index in [4.69, 9.17) is 14.5 Å². The van der Waals surface area contributed by atoms with E-state index in [0.717, 1.165) is 81.7 Å². The summed E-state index contributed by atoms with van der Waals surface area (Å²) in [6, 6.07) is 0. The number of methoxy groups -OCH3 is 1. The minimum absolute atomic E-state index is 0.00625. The van der Waals surface area contributed by atoms with E-state index in [1.807, 2.05) is 6.20 Å². The fourth-order valence-corrected chi connectivity index (χ4v) is 3.60. The van der Waals surface area contributed by atoms with Crippen LogP contribution < -0.4 is 4.90 Å². The maximum Gasteiger partial charge on any atom is 0.225 e. The topological polar surface area (TPSA) is 76.5 Å². The Bertz CT molecular complexity index is 730. The Morgan fingerprint density at radius 3 is 2.74 bits per heavy atom. The lowest BCUT2D eigenvalue weighted by molar-refractivity contribution is 0.109. The zero-order valence-corrected chi connectivity index (χ0v) is 15.8. The molecule has 8 heteroatoms. The Balaban J connectivity index is 1.55. The molecule has 0 aromatic carbocycles. The van der Waals surface area contributed by atoms with E-state index in [1.54, 1.807) is 25.7 Å². The second kappa shape index (κ2) is 8.69. The maximum absolute atomic E-state index is 5.93. The summed E-state index contributed by atoms with van der Waals surface area (Å²) in [5.74, 6) is 0.777. The molecular weight excluding hydrogens is 344 g/mol. The Kier molecular flexibility index (Phi) is 5.86. The molecule has 0 aliphatic carbocycles. The van der Waals surface area contributed by atoms with Gasteiger partial charge in [0.15, 0.2) is 0 Å². The molecule has 0 N–H and O–H groups in total. The molecule has 2 aromatic rings. The molecule has 4 rings (SSSR count). The summed E-state index contributed by atoms with van der Waals surface area (Å²) < 4.78 is 11.1. The van der Waals surface area contributed by atoms with E-state index in [1.165, 1.54) is 0 Å². The molecule has 1 atom stereocenters. The largest absolute Gasteiger partial charge is 0.383 e. The van der Waals surface area contributed by atoms with Gasteiger partial charge in [0.05, 0.1) is 24.2 Å². The highest BCUT2D eigenvalue weighted by molar-refractivity contribution is 5.61. The lowest BCUT2D eigenvalue weighted by Gasteiger charge is -2.34. The van der Waals surface area contributed by atoms with Crippen molar-refractivity contribution in [2.75, 3.05) is 57.9 Å². The second-order valence-electron chi connectivity index (χ2n) is 6.88. The predicted molar refractivity (Wildman–Crippen MR) is 102 cm³/mol. The normalized spacial score (nSPS) is 20.9. The van der Waals surface area contributed by atoms with Gasteiger partial charge in [-0.15, -0.1) is 0 Å². The van der Waals surface area contributed by atoms with Crippen molar-refractivity contribution in [3.63, 3.8) is 0 Å². The summed E-state index contributed by atoms with van der Waals surface area (Å²) in [5.41, 5.74) is 2.64.